The van der Waals surface area contributed by atoms with Crippen LogP contribution in [-0.4, -0.2) is 29.4 Å². The highest BCUT2D eigenvalue weighted by atomic mass is 28.4. The molecule has 0 bridgehead atoms. The first kappa shape index (κ1) is 11.1. The molecule has 1 unspecified atom stereocenters. The fraction of sp³-hybridized carbons (Fsp3) is 1.00. The SMILES string of the molecule is CCC[Si](C)(OC)OCNC. The van der Waals surface area contributed by atoms with Gasteiger partial charge in [0.25, 0.3) is 0 Å². The van der Waals surface area contributed by atoms with E-state index in [1.807, 2.05) is 7.05 Å². The second-order valence-corrected chi connectivity index (χ2v) is 6.19. The van der Waals surface area contributed by atoms with Crippen molar-refractivity contribution in [1.82, 2.24) is 5.32 Å². The lowest BCUT2D eigenvalue weighted by Crippen LogP contribution is -2.39. The largest absolute Gasteiger partial charge is 0.398 e. The highest BCUT2D eigenvalue weighted by Crippen LogP contribution is 2.13. The molecular weight excluding hydrogens is 158 g/mol. The summed E-state index contributed by atoms with van der Waals surface area (Å²) in [6, 6.07) is 1.06. The monoisotopic (exact) mass is 177 g/mol. The van der Waals surface area contributed by atoms with E-state index in [-0.39, 0.29) is 0 Å². The van der Waals surface area contributed by atoms with Crippen molar-refractivity contribution in [1.29, 1.82) is 0 Å². The molecule has 0 aromatic rings. The van der Waals surface area contributed by atoms with Crippen LogP contribution >= 0.6 is 0 Å². The van der Waals surface area contributed by atoms with Gasteiger partial charge in [0.05, 0.1) is 6.73 Å². The van der Waals surface area contributed by atoms with Crippen LogP contribution < -0.4 is 5.32 Å². The van der Waals surface area contributed by atoms with Gasteiger partial charge in [-0.3, -0.25) is 5.32 Å². The third-order valence-electron chi connectivity index (χ3n) is 1.66. The van der Waals surface area contributed by atoms with E-state index in [1.54, 1.807) is 7.11 Å². The summed E-state index contributed by atoms with van der Waals surface area (Å²) in [6.07, 6.45) is 1.13. The Morgan fingerprint density at radius 2 is 2.09 bits per heavy atom. The topological polar surface area (TPSA) is 30.5 Å². The Morgan fingerprint density at radius 3 is 2.45 bits per heavy atom. The molecule has 0 spiro atoms. The summed E-state index contributed by atoms with van der Waals surface area (Å²) < 4.78 is 10.9. The Labute approximate surface area is 70.3 Å². The van der Waals surface area contributed by atoms with Gasteiger partial charge in [0.1, 0.15) is 0 Å². The predicted octanol–water partition coefficient (Wildman–Crippen LogP) is 1.31. The van der Waals surface area contributed by atoms with Gasteiger partial charge in [0.15, 0.2) is 0 Å². The predicted molar refractivity (Wildman–Crippen MR) is 48.7 cm³/mol. The molecule has 0 heterocycles. The third-order valence-corrected chi connectivity index (χ3v) is 4.68. The first-order valence-electron chi connectivity index (χ1n) is 4.02. The highest BCUT2D eigenvalue weighted by molar-refractivity contribution is 6.65. The molecule has 4 heteroatoms. The first-order chi connectivity index (χ1) is 5.18. The van der Waals surface area contributed by atoms with Gasteiger partial charge in [-0.05, 0) is 19.6 Å². The van der Waals surface area contributed by atoms with Crippen LogP contribution in [0, 0.1) is 0 Å². The molecule has 0 aromatic carbocycles. The van der Waals surface area contributed by atoms with E-state index in [4.69, 9.17) is 8.85 Å². The van der Waals surface area contributed by atoms with E-state index in [9.17, 15) is 0 Å². The lowest BCUT2D eigenvalue weighted by Gasteiger charge is -2.24. The third kappa shape index (κ3) is 4.52. The molecule has 0 saturated heterocycles. The fourth-order valence-corrected chi connectivity index (χ4v) is 2.74. The quantitative estimate of drug-likeness (QED) is 0.490. The summed E-state index contributed by atoms with van der Waals surface area (Å²) in [5.74, 6) is 0. The Kier molecular flexibility index (Phi) is 5.76. The number of hydrogen-bond acceptors (Lipinski definition) is 3. The van der Waals surface area contributed by atoms with Gasteiger partial charge >= 0.3 is 8.56 Å². The van der Waals surface area contributed by atoms with Gasteiger partial charge in [-0.15, -0.1) is 0 Å². The summed E-state index contributed by atoms with van der Waals surface area (Å²) >= 11 is 0. The summed E-state index contributed by atoms with van der Waals surface area (Å²) in [7, 11) is 1.80. The molecule has 1 N–H and O–H groups in total. The van der Waals surface area contributed by atoms with Crippen molar-refractivity contribution in [2.45, 2.75) is 25.9 Å². The minimum absolute atomic E-state index is 0.594. The fourth-order valence-electron chi connectivity index (χ4n) is 0.912. The smallest absolute Gasteiger partial charge is 0.335 e. The van der Waals surface area contributed by atoms with Gasteiger partial charge in [0, 0.05) is 7.11 Å². The molecule has 0 radical (unpaired) electrons. The minimum Gasteiger partial charge on any atom is -0.398 e. The molecule has 1 atom stereocenters. The molecule has 11 heavy (non-hydrogen) atoms. The summed E-state index contributed by atoms with van der Waals surface area (Å²) in [6.45, 7) is 4.83. The van der Waals surface area contributed by atoms with E-state index < -0.39 is 8.56 Å². The van der Waals surface area contributed by atoms with Crippen LogP contribution in [0.25, 0.3) is 0 Å². The van der Waals surface area contributed by atoms with Gasteiger partial charge in [-0.2, -0.15) is 0 Å². The molecule has 0 amide bonds. The van der Waals surface area contributed by atoms with E-state index in [2.05, 4.69) is 18.8 Å². The average molecular weight is 177 g/mol. The van der Waals surface area contributed by atoms with Crippen LogP contribution in [0.2, 0.25) is 12.6 Å². The lowest BCUT2D eigenvalue weighted by molar-refractivity contribution is 0.193. The molecule has 0 aromatic heterocycles. The standard InChI is InChI=1S/C7H19NO2Si/c1-5-6-11(4,9-3)10-7-8-2/h8H,5-7H2,1-4H3. The van der Waals surface area contributed by atoms with Crippen LogP contribution in [0.3, 0.4) is 0 Å². The van der Waals surface area contributed by atoms with Gasteiger partial charge in [0.2, 0.25) is 0 Å². The Hall–Kier alpha value is 0.0969. The zero-order valence-electron chi connectivity index (χ0n) is 7.94. The summed E-state index contributed by atoms with van der Waals surface area (Å²) in [4.78, 5) is 0. The van der Waals surface area contributed by atoms with E-state index in [0.29, 0.717) is 6.73 Å². The maximum Gasteiger partial charge on any atom is 0.335 e. The molecule has 0 fully saturated rings. The van der Waals surface area contributed by atoms with Crippen LogP contribution in [0.1, 0.15) is 13.3 Å². The normalized spacial score (nSPS) is 16.4. The van der Waals surface area contributed by atoms with Crippen molar-refractivity contribution in [3.05, 3.63) is 0 Å². The number of rotatable bonds is 6. The Balaban J connectivity index is 3.68. The van der Waals surface area contributed by atoms with Crippen LogP contribution in [-0.2, 0) is 8.85 Å². The van der Waals surface area contributed by atoms with Crippen molar-refractivity contribution in [3.8, 4) is 0 Å². The van der Waals surface area contributed by atoms with Crippen molar-refractivity contribution in [3.63, 3.8) is 0 Å². The summed E-state index contributed by atoms with van der Waals surface area (Å²) in [5.41, 5.74) is 0. The van der Waals surface area contributed by atoms with Crippen molar-refractivity contribution < 1.29 is 8.85 Å². The lowest BCUT2D eigenvalue weighted by atomic mass is 10.6. The zero-order valence-corrected chi connectivity index (χ0v) is 8.94. The van der Waals surface area contributed by atoms with Crippen LogP contribution in [0.5, 0.6) is 0 Å². The maximum atomic E-state index is 5.57. The second-order valence-electron chi connectivity index (χ2n) is 2.73. The van der Waals surface area contributed by atoms with Crippen molar-refractivity contribution in [2.75, 3.05) is 20.9 Å². The highest BCUT2D eigenvalue weighted by Gasteiger charge is 2.28. The molecule has 0 saturated carbocycles. The van der Waals surface area contributed by atoms with Crippen LogP contribution in [0.15, 0.2) is 0 Å². The minimum atomic E-state index is -1.81. The average Bonchev–Trinajstić information content (AvgIpc) is 2.02. The first-order valence-corrected chi connectivity index (χ1v) is 6.54. The van der Waals surface area contributed by atoms with E-state index in [1.165, 1.54) is 0 Å². The molecule has 0 aliphatic carbocycles. The molecule has 68 valence electrons. The van der Waals surface area contributed by atoms with Gasteiger partial charge in [-0.25, -0.2) is 0 Å². The molecule has 3 nitrogen and oxygen atoms in total. The zero-order chi connectivity index (χ0) is 8.74. The van der Waals surface area contributed by atoms with Gasteiger partial charge < -0.3 is 8.85 Å². The molecule has 0 aliphatic heterocycles. The molecular formula is C7H19NO2Si. The van der Waals surface area contributed by atoms with Crippen molar-refractivity contribution in [2.24, 2.45) is 0 Å². The van der Waals surface area contributed by atoms with Crippen LogP contribution in [0.4, 0.5) is 0 Å². The van der Waals surface area contributed by atoms with E-state index in [0.717, 1.165) is 12.5 Å². The Bertz CT molecular complexity index is 102. The van der Waals surface area contributed by atoms with Crippen molar-refractivity contribution >= 4 is 8.56 Å². The molecule has 0 rings (SSSR count). The second kappa shape index (κ2) is 5.71. The summed E-state index contributed by atoms with van der Waals surface area (Å²) in [5, 5.41) is 2.95. The molecule has 0 aliphatic rings. The van der Waals surface area contributed by atoms with E-state index >= 15 is 0 Å². The maximum absolute atomic E-state index is 5.57. The number of hydrogen-bond donors (Lipinski definition) is 1. The van der Waals surface area contributed by atoms with Gasteiger partial charge in [-0.1, -0.05) is 13.3 Å². The Morgan fingerprint density at radius 1 is 1.45 bits per heavy atom. The number of nitrogens with one attached hydrogen (secondary N) is 1.